The molecule has 0 bridgehead atoms. The number of para-hydroxylation sites is 1. The molecule has 148 valence electrons. The minimum Gasteiger partial charge on any atom is -0.487 e. The van der Waals surface area contributed by atoms with Crippen LogP contribution in [0.25, 0.3) is 21.9 Å². The molecule has 0 fully saturated rings. The first-order valence-electron chi connectivity index (χ1n) is 8.87. The molecule has 0 aliphatic heterocycles. The summed E-state index contributed by atoms with van der Waals surface area (Å²) in [5.41, 5.74) is 1.72. The molecule has 6 nitrogen and oxygen atoms in total. The molecular weight excluding hydrogens is 415 g/mol. The van der Waals surface area contributed by atoms with Gasteiger partial charge in [0.15, 0.2) is 11.3 Å². The number of aromatic nitrogens is 1. The molecule has 2 aromatic carbocycles. The number of hydrogen-bond donors (Lipinski definition) is 2. The number of ether oxygens (including phenoxy) is 1. The summed E-state index contributed by atoms with van der Waals surface area (Å²) >= 11 is 12.2. The number of benzene rings is 2. The second-order valence-corrected chi connectivity index (χ2v) is 7.56. The Morgan fingerprint density at radius 1 is 1.14 bits per heavy atom. The van der Waals surface area contributed by atoms with Gasteiger partial charge in [0.05, 0.1) is 17.4 Å². The van der Waals surface area contributed by atoms with Gasteiger partial charge in [0, 0.05) is 15.5 Å². The number of anilines is 1. The maximum atomic E-state index is 13.1. The van der Waals surface area contributed by atoms with Crippen LogP contribution in [-0.4, -0.2) is 17.2 Å². The van der Waals surface area contributed by atoms with E-state index in [2.05, 4.69) is 5.32 Å². The van der Waals surface area contributed by atoms with Crippen molar-refractivity contribution >= 4 is 56.7 Å². The smallest absolute Gasteiger partial charge is 0.256 e. The van der Waals surface area contributed by atoms with Crippen molar-refractivity contribution in [1.82, 2.24) is 0 Å². The van der Waals surface area contributed by atoms with Crippen LogP contribution in [0.1, 0.15) is 24.2 Å². The lowest BCUT2D eigenvalue weighted by molar-refractivity contribution is -0.904. The molecule has 0 aliphatic rings. The van der Waals surface area contributed by atoms with Gasteiger partial charge in [-0.2, -0.15) is 0 Å². The van der Waals surface area contributed by atoms with Crippen molar-refractivity contribution in [2.75, 3.05) is 5.32 Å². The van der Waals surface area contributed by atoms with Gasteiger partial charge in [0.1, 0.15) is 15.6 Å². The molecule has 1 amide bonds. The molecule has 4 aromatic rings. The highest BCUT2D eigenvalue weighted by atomic mass is 35.5. The van der Waals surface area contributed by atoms with Gasteiger partial charge < -0.3 is 14.5 Å². The molecule has 8 heteroatoms. The first kappa shape index (κ1) is 19.4. The Balaban J connectivity index is 1.87. The van der Waals surface area contributed by atoms with E-state index in [1.165, 1.54) is 12.4 Å². The van der Waals surface area contributed by atoms with Crippen LogP contribution in [0, 0.1) is 0 Å². The van der Waals surface area contributed by atoms with E-state index in [0.717, 1.165) is 10.1 Å². The normalized spacial score (nSPS) is 11.3. The summed E-state index contributed by atoms with van der Waals surface area (Å²) in [5, 5.41) is 13.9. The van der Waals surface area contributed by atoms with Crippen molar-refractivity contribution in [3.63, 3.8) is 0 Å². The third-order valence-electron chi connectivity index (χ3n) is 4.30. The van der Waals surface area contributed by atoms with E-state index in [1.54, 1.807) is 12.1 Å². The van der Waals surface area contributed by atoms with Gasteiger partial charge in [-0.25, -0.2) is 0 Å². The number of fused-ring (bicyclic) bond motifs is 3. The zero-order valence-electron chi connectivity index (χ0n) is 15.6. The van der Waals surface area contributed by atoms with Crippen LogP contribution in [0.2, 0.25) is 10.0 Å². The minimum absolute atomic E-state index is 0.0572. The topological polar surface area (TPSA) is 75.6 Å². The summed E-state index contributed by atoms with van der Waals surface area (Å²) in [6.07, 6.45) is 2.40. The van der Waals surface area contributed by atoms with Gasteiger partial charge in [-0.15, -0.1) is 0 Å². The van der Waals surface area contributed by atoms with Crippen molar-refractivity contribution in [3.8, 4) is 5.75 Å². The first-order valence-corrected chi connectivity index (χ1v) is 9.62. The molecule has 0 atom stereocenters. The van der Waals surface area contributed by atoms with Crippen molar-refractivity contribution in [3.05, 3.63) is 64.4 Å². The highest BCUT2D eigenvalue weighted by Crippen LogP contribution is 2.38. The van der Waals surface area contributed by atoms with E-state index in [0.29, 0.717) is 27.9 Å². The molecule has 0 saturated heterocycles. The summed E-state index contributed by atoms with van der Waals surface area (Å²) in [5.74, 6) is 0.136. The Morgan fingerprint density at radius 2 is 1.83 bits per heavy atom. The predicted molar refractivity (Wildman–Crippen MR) is 111 cm³/mol. The number of carbonyl (C=O) groups excluding carboxylic acids is 1. The number of halogens is 2. The number of nitrogens with one attached hydrogen (secondary N) is 1. The van der Waals surface area contributed by atoms with Crippen molar-refractivity contribution in [1.29, 1.82) is 0 Å². The van der Waals surface area contributed by atoms with Gasteiger partial charge in [0.25, 0.3) is 5.91 Å². The number of carbonyl (C=O) groups is 1. The summed E-state index contributed by atoms with van der Waals surface area (Å²) < 4.78 is 12.6. The Kier molecular flexibility index (Phi) is 4.98. The van der Waals surface area contributed by atoms with Gasteiger partial charge in [-0.3, -0.25) is 10.0 Å². The van der Waals surface area contributed by atoms with E-state index < -0.39 is 5.91 Å². The Morgan fingerprint density at radius 3 is 2.52 bits per heavy atom. The second-order valence-electron chi connectivity index (χ2n) is 6.74. The molecule has 0 radical (unpaired) electrons. The standard InChI is InChI=1S/C21H16Cl2N2O4/c1-11(2)28-17-8-7-13(18-12-5-3-4-6-16(12)29-20(17)18)21(26)24-19-14(22)9-25(27)10-15(19)23/h3-11,27H,1-2H3/p+1. The minimum atomic E-state index is -0.419. The number of pyridine rings is 1. The lowest BCUT2D eigenvalue weighted by atomic mass is 10.0. The molecule has 29 heavy (non-hydrogen) atoms. The molecule has 0 saturated carbocycles. The maximum absolute atomic E-state index is 13.1. The fourth-order valence-electron chi connectivity index (χ4n) is 3.15. The molecular formula is C21H17Cl2N2O4+. The Labute approximate surface area is 176 Å². The third-order valence-corrected chi connectivity index (χ3v) is 4.88. The van der Waals surface area contributed by atoms with Crippen molar-refractivity contribution < 1.29 is 23.9 Å². The lowest BCUT2D eigenvalue weighted by Gasteiger charge is -2.12. The summed E-state index contributed by atoms with van der Waals surface area (Å²) in [7, 11) is 0. The second kappa shape index (κ2) is 7.46. The monoisotopic (exact) mass is 431 g/mol. The Bertz CT molecular complexity index is 1230. The Hall–Kier alpha value is -2.96. The number of hydrogen-bond acceptors (Lipinski definition) is 4. The van der Waals surface area contributed by atoms with E-state index >= 15 is 0 Å². The van der Waals surface area contributed by atoms with E-state index in [-0.39, 0.29) is 21.8 Å². The number of amides is 1. The van der Waals surface area contributed by atoms with Crippen LogP contribution < -0.4 is 14.8 Å². The van der Waals surface area contributed by atoms with Crippen LogP contribution in [-0.2, 0) is 0 Å². The number of furan rings is 1. The van der Waals surface area contributed by atoms with Crippen LogP contribution in [0.4, 0.5) is 5.69 Å². The third kappa shape index (κ3) is 3.57. The fraction of sp³-hybridized carbons (Fsp3) is 0.143. The highest BCUT2D eigenvalue weighted by Gasteiger charge is 2.22. The zero-order valence-corrected chi connectivity index (χ0v) is 17.1. The quantitative estimate of drug-likeness (QED) is 0.332. The SMILES string of the molecule is CC(C)Oc1ccc(C(=O)Nc2c(Cl)c[n+](O)cc2Cl)c2c1oc1ccccc12. The molecule has 2 aromatic heterocycles. The zero-order chi connectivity index (χ0) is 20.7. The first-order chi connectivity index (χ1) is 13.8. The van der Waals surface area contributed by atoms with Gasteiger partial charge in [-0.05, 0) is 32.0 Å². The summed E-state index contributed by atoms with van der Waals surface area (Å²) in [4.78, 5) is 13.1. The van der Waals surface area contributed by atoms with E-state index in [4.69, 9.17) is 32.4 Å². The largest absolute Gasteiger partial charge is 0.487 e. The maximum Gasteiger partial charge on any atom is 0.256 e. The average molecular weight is 432 g/mol. The molecule has 0 aliphatic carbocycles. The summed E-state index contributed by atoms with van der Waals surface area (Å²) in [6.45, 7) is 3.84. The van der Waals surface area contributed by atoms with E-state index in [1.807, 2.05) is 38.1 Å². The summed E-state index contributed by atoms with van der Waals surface area (Å²) in [6, 6.07) is 10.8. The molecule has 2 N–H and O–H groups in total. The van der Waals surface area contributed by atoms with Gasteiger partial charge >= 0.3 is 0 Å². The van der Waals surface area contributed by atoms with Gasteiger partial charge in [-0.1, -0.05) is 41.4 Å². The molecule has 2 heterocycles. The van der Waals surface area contributed by atoms with Crippen molar-refractivity contribution in [2.24, 2.45) is 0 Å². The molecule has 0 unspecified atom stereocenters. The number of rotatable bonds is 4. The average Bonchev–Trinajstić information content (AvgIpc) is 3.04. The van der Waals surface area contributed by atoms with Gasteiger partial charge in [0.2, 0.25) is 12.4 Å². The highest BCUT2D eigenvalue weighted by molar-refractivity contribution is 6.39. The molecule has 0 spiro atoms. The van der Waals surface area contributed by atoms with Crippen molar-refractivity contribution in [2.45, 2.75) is 20.0 Å². The number of nitrogens with zero attached hydrogens (tertiary/aromatic N) is 1. The lowest BCUT2D eigenvalue weighted by Crippen LogP contribution is -2.29. The van der Waals surface area contributed by atoms with Crippen LogP contribution in [0.5, 0.6) is 5.75 Å². The van der Waals surface area contributed by atoms with E-state index in [9.17, 15) is 10.0 Å². The fourth-order valence-corrected chi connectivity index (χ4v) is 3.70. The molecule has 4 rings (SSSR count). The van der Waals surface area contributed by atoms with Crippen LogP contribution in [0.3, 0.4) is 0 Å². The predicted octanol–water partition coefficient (Wildman–Crippen LogP) is 5.46. The van der Waals surface area contributed by atoms with Crippen LogP contribution >= 0.6 is 23.2 Å². The van der Waals surface area contributed by atoms with Crippen LogP contribution in [0.15, 0.2) is 53.2 Å².